The third-order valence-corrected chi connectivity index (χ3v) is 5.67. The number of nitrogens with zero attached hydrogens (tertiary/aromatic N) is 5. The minimum absolute atomic E-state index is 0.0201. The smallest absolute Gasteiger partial charge is 0.228 e. The fourth-order valence-electron chi connectivity index (χ4n) is 4.04. The molecule has 1 amide bonds. The van der Waals surface area contributed by atoms with Gasteiger partial charge in [-0.15, -0.1) is 0 Å². The first-order valence-corrected chi connectivity index (χ1v) is 9.32. The highest BCUT2D eigenvalue weighted by Gasteiger charge is 2.46. The molecule has 0 unspecified atom stereocenters. The summed E-state index contributed by atoms with van der Waals surface area (Å²) >= 11 is 0. The highest BCUT2D eigenvalue weighted by atomic mass is 16.5. The Kier molecular flexibility index (Phi) is 4.60. The summed E-state index contributed by atoms with van der Waals surface area (Å²) in [7, 11) is 2.11. The first-order valence-electron chi connectivity index (χ1n) is 9.32. The van der Waals surface area contributed by atoms with Crippen LogP contribution in [0.4, 0.5) is 5.95 Å². The van der Waals surface area contributed by atoms with Gasteiger partial charge in [0.05, 0.1) is 18.1 Å². The predicted molar refractivity (Wildman–Crippen MR) is 94.5 cm³/mol. The topological polar surface area (TPSA) is 61.8 Å². The lowest BCUT2D eigenvalue weighted by Crippen LogP contribution is -2.51. The largest absolute Gasteiger partial charge is 0.370 e. The van der Waals surface area contributed by atoms with Gasteiger partial charge >= 0.3 is 0 Å². The maximum absolute atomic E-state index is 13.0. The summed E-state index contributed by atoms with van der Waals surface area (Å²) in [4.78, 5) is 28.4. The van der Waals surface area contributed by atoms with Crippen molar-refractivity contribution in [2.75, 3.05) is 51.2 Å². The molecule has 0 aliphatic carbocycles. The molecule has 4 rings (SSSR count). The van der Waals surface area contributed by atoms with Crippen molar-refractivity contribution < 1.29 is 9.53 Å². The van der Waals surface area contributed by atoms with Crippen LogP contribution in [-0.4, -0.2) is 84.2 Å². The van der Waals surface area contributed by atoms with Crippen LogP contribution in [0.25, 0.3) is 0 Å². The predicted octanol–water partition coefficient (Wildman–Crippen LogP) is 0.407. The molecule has 7 nitrogen and oxygen atoms in total. The van der Waals surface area contributed by atoms with E-state index in [-0.39, 0.29) is 24.0 Å². The maximum Gasteiger partial charge on any atom is 0.228 e. The second-order valence-corrected chi connectivity index (χ2v) is 7.42. The number of hydrogen-bond donors (Lipinski definition) is 0. The molecule has 0 spiro atoms. The van der Waals surface area contributed by atoms with Crippen LogP contribution in [0.5, 0.6) is 0 Å². The molecule has 136 valence electrons. The van der Waals surface area contributed by atoms with E-state index >= 15 is 0 Å². The average Bonchev–Trinajstić information content (AvgIpc) is 2.95. The number of rotatable bonds is 3. The first-order chi connectivity index (χ1) is 12.1. The van der Waals surface area contributed by atoms with Crippen molar-refractivity contribution >= 4 is 11.9 Å². The Morgan fingerprint density at radius 1 is 1.20 bits per heavy atom. The first kappa shape index (κ1) is 16.7. The van der Waals surface area contributed by atoms with E-state index < -0.39 is 0 Å². The summed E-state index contributed by atoms with van der Waals surface area (Å²) in [5, 5.41) is 0. The van der Waals surface area contributed by atoms with E-state index in [1.54, 1.807) is 0 Å². The van der Waals surface area contributed by atoms with Crippen molar-refractivity contribution in [1.29, 1.82) is 0 Å². The second-order valence-electron chi connectivity index (χ2n) is 7.42. The lowest BCUT2D eigenvalue weighted by atomic mass is 9.98. The maximum atomic E-state index is 13.0. The molecule has 0 radical (unpaired) electrons. The van der Waals surface area contributed by atoms with E-state index in [1.807, 2.05) is 17.3 Å². The molecule has 0 saturated carbocycles. The standard InChI is InChI=1S/C18H27N5O2/c1-3-13-9-19-18(20-10-13)23-11-14-8-15(16(12-23)25-14)17(24)22-6-4-21(2)5-7-22/h9-10,14-16H,3-8,11-12H2,1-2H3/t14-,15+,16-/m0/s1. The molecule has 3 fully saturated rings. The number of hydrogen-bond acceptors (Lipinski definition) is 6. The van der Waals surface area contributed by atoms with E-state index in [2.05, 4.69) is 33.7 Å². The summed E-state index contributed by atoms with van der Waals surface area (Å²) in [5.74, 6) is 1.00. The van der Waals surface area contributed by atoms with E-state index in [9.17, 15) is 4.79 Å². The molecule has 1 aromatic rings. The van der Waals surface area contributed by atoms with Crippen molar-refractivity contribution in [1.82, 2.24) is 19.8 Å². The fraction of sp³-hybridized carbons (Fsp3) is 0.722. The summed E-state index contributed by atoms with van der Waals surface area (Å²) in [5.41, 5.74) is 1.14. The molecule has 1 aromatic heterocycles. The molecular weight excluding hydrogens is 318 g/mol. The number of morpholine rings is 1. The molecule has 3 atom stereocenters. The molecule has 3 aliphatic heterocycles. The Bertz CT molecular complexity index is 614. The molecule has 3 aliphatic rings. The third-order valence-electron chi connectivity index (χ3n) is 5.67. The van der Waals surface area contributed by atoms with E-state index in [0.29, 0.717) is 6.54 Å². The minimum Gasteiger partial charge on any atom is -0.370 e. The number of likely N-dealkylation sites (N-methyl/N-ethyl adjacent to an activating group) is 1. The number of ether oxygens (including phenoxy) is 1. The van der Waals surface area contributed by atoms with E-state index in [1.165, 1.54) is 0 Å². The number of carbonyl (C=O) groups is 1. The van der Waals surface area contributed by atoms with Gasteiger partial charge < -0.3 is 19.4 Å². The van der Waals surface area contributed by atoms with Gasteiger partial charge in [-0.3, -0.25) is 4.79 Å². The number of amides is 1. The normalized spacial score (nSPS) is 29.9. The molecule has 0 aromatic carbocycles. The van der Waals surface area contributed by atoms with Gasteiger partial charge in [-0.2, -0.15) is 0 Å². The van der Waals surface area contributed by atoms with Crippen LogP contribution in [0.3, 0.4) is 0 Å². The van der Waals surface area contributed by atoms with Gasteiger partial charge in [0.15, 0.2) is 0 Å². The van der Waals surface area contributed by atoms with Gasteiger partial charge in [0.2, 0.25) is 11.9 Å². The number of aryl methyl sites for hydroxylation is 1. The number of aromatic nitrogens is 2. The van der Waals surface area contributed by atoms with Crippen molar-refractivity contribution in [2.45, 2.75) is 32.0 Å². The van der Waals surface area contributed by atoms with Crippen LogP contribution in [0.2, 0.25) is 0 Å². The summed E-state index contributed by atoms with van der Waals surface area (Å²) in [6.07, 6.45) is 5.62. The highest BCUT2D eigenvalue weighted by Crippen LogP contribution is 2.34. The lowest BCUT2D eigenvalue weighted by Gasteiger charge is -2.36. The number of piperazine rings is 1. The Morgan fingerprint density at radius 2 is 1.92 bits per heavy atom. The molecular formula is C18H27N5O2. The van der Waals surface area contributed by atoms with E-state index in [4.69, 9.17) is 4.74 Å². The van der Waals surface area contributed by atoms with Crippen LogP contribution in [0, 0.1) is 5.92 Å². The second kappa shape index (κ2) is 6.88. The van der Waals surface area contributed by atoms with Gasteiger partial charge in [0.25, 0.3) is 0 Å². The van der Waals surface area contributed by atoms with Crippen molar-refractivity contribution in [2.24, 2.45) is 5.92 Å². The SMILES string of the molecule is CCc1cnc(N2C[C@@H]3C[C@@H](C(=O)N4CCN(C)CC4)[C@H](C2)O3)nc1. The van der Waals surface area contributed by atoms with Crippen molar-refractivity contribution in [3.05, 3.63) is 18.0 Å². The Hall–Kier alpha value is -1.73. The Balaban J connectivity index is 1.42. The highest BCUT2D eigenvalue weighted by molar-refractivity contribution is 5.80. The third kappa shape index (κ3) is 3.35. The minimum atomic E-state index is -0.0413. The Morgan fingerprint density at radius 3 is 2.60 bits per heavy atom. The van der Waals surface area contributed by atoms with Crippen molar-refractivity contribution in [3.8, 4) is 0 Å². The molecule has 4 heterocycles. The zero-order chi connectivity index (χ0) is 17.4. The number of carbonyl (C=O) groups excluding carboxylic acids is 1. The molecule has 3 saturated heterocycles. The quantitative estimate of drug-likeness (QED) is 0.791. The lowest BCUT2D eigenvalue weighted by molar-refractivity contribution is -0.139. The molecule has 2 bridgehead atoms. The van der Waals surface area contributed by atoms with Crippen LogP contribution >= 0.6 is 0 Å². The molecule has 7 heteroatoms. The number of anilines is 1. The van der Waals surface area contributed by atoms with Crippen LogP contribution in [-0.2, 0) is 16.0 Å². The van der Waals surface area contributed by atoms with Crippen LogP contribution in [0.1, 0.15) is 18.9 Å². The molecule has 0 N–H and O–H groups in total. The van der Waals surface area contributed by atoms with Gasteiger partial charge in [0, 0.05) is 51.7 Å². The summed E-state index contributed by atoms with van der Waals surface area (Å²) in [6.45, 7) is 7.14. The molecule has 25 heavy (non-hydrogen) atoms. The van der Waals surface area contributed by atoms with Gasteiger partial charge in [0.1, 0.15) is 0 Å². The van der Waals surface area contributed by atoms with Gasteiger partial charge in [-0.05, 0) is 25.5 Å². The van der Waals surface area contributed by atoms with Crippen molar-refractivity contribution in [3.63, 3.8) is 0 Å². The average molecular weight is 345 g/mol. The van der Waals surface area contributed by atoms with Crippen LogP contribution < -0.4 is 4.90 Å². The monoisotopic (exact) mass is 345 g/mol. The van der Waals surface area contributed by atoms with E-state index in [0.717, 1.165) is 57.1 Å². The van der Waals surface area contributed by atoms with Gasteiger partial charge in [-0.25, -0.2) is 9.97 Å². The summed E-state index contributed by atoms with van der Waals surface area (Å²) < 4.78 is 6.08. The van der Waals surface area contributed by atoms with Crippen LogP contribution in [0.15, 0.2) is 12.4 Å². The Labute approximate surface area is 149 Å². The fourth-order valence-corrected chi connectivity index (χ4v) is 4.04. The number of fused-ring (bicyclic) bond motifs is 2. The summed E-state index contributed by atoms with van der Waals surface area (Å²) in [6, 6.07) is 0. The van der Waals surface area contributed by atoms with Gasteiger partial charge in [-0.1, -0.05) is 6.92 Å². The zero-order valence-electron chi connectivity index (χ0n) is 15.1. The zero-order valence-corrected chi connectivity index (χ0v) is 15.1.